The predicted molar refractivity (Wildman–Crippen MR) is 138 cm³/mol. The molecule has 1 heterocycles. The number of ether oxygens (including phenoxy) is 1. The topological polar surface area (TPSA) is 85.2 Å². The minimum absolute atomic E-state index is 0.155. The first-order valence-corrected chi connectivity index (χ1v) is 12.2. The van der Waals surface area contributed by atoms with E-state index in [1.54, 1.807) is 12.3 Å². The predicted octanol–water partition coefficient (Wildman–Crippen LogP) is 4.93. The maximum atomic E-state index is 12.7. The Labute approximate surface area is 208 Å². The van der Waals surface area contributed by atoms with E-state index < -0.39 is 0 Å². The second kappa shape index (κ2) is 11.9. The van der Waals surface area contributed by atoms with Gasteiger partial charge in [-0.3, -0.25) is 14.2 Å². The van der Waals surface area contributed by atoms with Crippen LogP contribution in [-0.4, -0.2) is 33.7 Å². The van der Waals surface area contributed by atoms with E-state index in [9.17, 15) is 9.59 Å². The van der Waals surface area contributed by atoms with Crippen molar-refractivity contribution in [1.29, 1.82) is 0 Å². The zero-order chi connectivity index (χ0) is 24.5. The fourth-order valence-corrected chi connectivity index (χ4v) is 4.21. The number of hydrogen-bond donors (Lipinski definition) is 2. The largest absolute Gasteiger partial charge is 0.492 e. The summed E-state index contributed by atoms with van der Waals surface area (Å²) < 4.78 is 7.43. The molecule has 178 valence electrons. The molecule has 2 amide bonds. The molecule has 4 aromatic rings. The Morgan fingerprint density at radius 1 is 1.00 bits per heavy atom. The van der Waals surface area contributed by atoms with Crippen LogP contribution in [0.25, 0.3) is 5.69 Å². The molecule has 35 heavy (non-hydrogen) atoms. The molecule has 8 heteroatoms. The number of hydrogen-bond acceptors (Lipinski definition) is 5. The molecule has 3 aromatic carbocycles. The number of nitrogens with one attached hydrogen (secondary N) is 2. The van der Waals surface area contributed by atoms with Gasteiger partial charge in [0.25, 0.3) is 5.91 Å². The maximum Gasteiger partial charge on any atom is 0.251 e. The Hall–Kier alpha value is -4.04. The fourth-order valence-electron chi connectivity index (χ4n) is 3.44. The van der Waals surface area contributed by atoms with Crippen molar-refractivity contribution in [3.05, 3.63) is 102 Å². The van der Waals surface area contributed by atoms with Gasteiger partial charge in [-0.25, -0.2) is 4.98 Å². The van der Waals surface area contributed by atoms with Crippen molar-refractivity contribution in [2.24, 2.45) is 0 Å². The third kappa shape index (κ3) is 6.51. The Balaban J connectivity index is 1.39. The highest BCUT2D eigenvalue weighted by atomic mass is 32.2. The third-order valence-electron chi connectivity index (χ3n) is 5.08. The van der Waals surface area contributed by atoms with Crippen LogP contribution in [0.5, 0.6) is 5.75 Å². The molecule has 0 atom stereocenters. The second-order valence-corrected chi connectivity index (χ2v) is 8.51. The van der Waals surface area contributed by atoms with Crippen molar-refractivity contribution >= 4 is 29.3 Å². The summed E-state index contributed by atoms with van der Waals surface area (Å²) in [6.07, 6.45) is 3.48. The molecule has 0 saturated heterocycles. The molecule has 1 aromatic heterocycles. The van der Waals surface area contributed by atoms with Crippen molar-refractivity contribution in [2.45, 2.75) is 18.6 Å². The fraction of sp³-hybridized carbons (Fsp3) is 0.148. The average molecular weight is 487 g/mol. The number of carbonyl (C=O) groups is 2. The number of imidazole rings is 1. The van der Waals surface area contributed by atoms with Crippen LogP contribution in [0.3, 0.4) is 0 Å². The monoisotopic (exact) mass is 486 g/mol. The summed E-state index contributed by atoms with van der Waals surface area (Å²) in [4.78, 5) is 29.6. The summed E-state index contributed by atoms with van der Waals surface area (Å²) in [6.45, 7) is 2.87. The van der Waals surface area contributed by atoms with Crippen molar-refractivity contribution < 1.29 is 14.3 Å². The number of benzene rings is 3. The minimum Gasteiger partial charge on any atom is -0.492 e. The molecule has 0 aliphatic heterocycles. The van der Waals surface area contributed by atoms with Crippen LogP contribution in [0.15, 0.2) is 96.4 Å². The van der Waals surface area contributed by atoms with Gasteiger partial charge in [0.1, 0.15) is 5.75 Å². The smallest absolute Gasteiger partial charge is 0.251 e. The average Bonchev–Trinajstić information content (AvgIpc) is 3.37. The van der Waals surface area contributed by atoms with Gasteiger partial charge in [-0.2, -0.15) is 0 Å². The van der Waals surface area contributed by atoms with Crippen molar-refractivity contribution in [3.63, 3.8) is 0 Å². The Morgan fingerprint density at radius 2 is 1.80 bits per heavy atom. The molecule has 0 saturated carbocycles. The summed E-state index contributed by atoms with van der Waals surface area (Å²) >= 11 is 1.32. The third-order valence-corrected chi connectivity index (χ3v) is 6.05. The van der Waals surface area contributed by atoms with Gasteiger partial charge in [0.2, 0.25) is 5.91 Å². The van der Waals surface area contributed by atoms with E-state index in [4.69, 9.17) is 4.74 Å². The standard InChI is InChI=1S/C27H26N4O3S/c1-2-34-24-14-7-6-13-23(24)30-25(32)19-35-27-28-15-16-31(27)22-12-8-11-21(17-22)26(33)29-18-20-9-4-3-5-10-20/h3-17H,2,18-19H2,1H3,(H,29,33)(H,30,32). The number of para-hydroxylation sites is 2. The number of carbonyl (C=O) groups excluding carboxylic acids is 2. The number of aromatic nitrogens is 2. The lowest BCUT2D eigenvalue weighted by Gasteiger charge is -2.12. The van der Waals surface area contributed by atoms with E-state index in [-0.39, 0.29) is 17.6 Å². The van der Waals surface area contributed by atoms with Crippen molar-refractivity contribution in [3.8, 4) is 11.4 Å². The van der Waals surface area contributed by atoms with E-state index in [0.29, 0.717) is 35.3 Å². The number of amides is 2. The van der Waals surface area contributed by atoms with E-state index >= 15 is 0 Å². The van der Waals surface area contributed by atoms with Gasteiger partial charge in [0.05, 0.1) is 18.0 Å². The van der Waals surface area contributed by atoms with Gasteiger partial charge >= 0.3 is 0 Å². The SMILES string of the molecule is CCOc1ccccc1NC(=O)CSc1nccn1-c1cccc(C(=O)NCc2ccccc2)c1. The van der Waals surface area contributed by atoms with E-state index in [2.05, 4.69) is 15.6 Å². The number of thioether (sulfide) groups is 1. The number of nitrogens with zero attached hydrogens (tertiary/aromatic N) is 2. The van der Waals surface area contributed by atoms with Crippen LogP contribution < -0.4 is 15.4 Å². The quantitative estimate of drug-likeness (QED) is 0.311. The molecule has 7 nitrogen and oxygen atoms in total. The van der Waals surface area contributed by atoms with Gasteiger partial charge in [-0.15, -0.1) is 0 Å². The highest BCUT2D eigenvalue weighted by Crippen LogP contribution is 2.25. The van der Waals surface area contributed by atoms with Crippen molar-refractivity contribution in [1.82, 2.24) is 14.9 Å². The normalized spacial score (nSPS) is 10.5. The lowest BCUT2D eigenvalue weighted by Crippen LogP contribution is -2.22. The lowest BCUT2D eigenvalue weighted by molar-refractivity contribution is -0.113. The summed E-state index contributed by atoms with van der Waals surface area (Å²) in [5.74, 6) is 0.495. The van der Waals surface area contributed by atoms with Crippen LogP contribution in [0.2, 0.25) is 0 Å². The van der Waals surface area contributed by atoms with Crippen LogP contribution in [0.1, 0.15) is 22.8 Å². The van der Waals surface area contributed by atoms with Gasteiger partial charge < -0.3 is 15.4 Å². The van der Waals surface area contributed by atoms with Crippen LogP contribution in [0, 0.1) is 0 Å². The molecule has 0 spiro atoms. The first kappa shape index (κ1) is 24.1. The molecule has 0 aliphatic rings. The number of rotatable bonds is 10. The van der Waals surface area contributed by atoms with Gasteiger partial charge in [-0.1, -0.05) is 60.3 Å². The molecule has 0 unspecified atom stereocenters. The van der Waals surface area contributed by atoms with Crippen molar-refractivity contribution in [2.75, 3.05) is 17.7 Å². The van der Waals surface area contributed by atoms with Gasteiger partial charge in [-0.05, 0) is 42.8 Å². The molecular formula is C27H26N4O3S. The molecule has 0 aliphatic carbocycles. The highest BCUT2D eigenvalue weighted by molar-refractivity contribution is 7.99. The molecule has 4 rings (SSSR count). The first-order valence-electron chi connectivity index (χ1n) is 11.2. The summed E-state index contributed by atoms with van der Waals surface area (Å²) in [5, 5.41) is 6.49. The molecule has 0 fully saturated rings. The molecule has 2 N–H and O–H groups in total. The van der Waals surface area contributed by atoms with Crippen LogP contribution in [0.4, 0.5) is 5.69 Å². The van der Waals surface area contributed by atoms with E-state index in [0.717, 1.165) is 11.3 Å². The first-order chi connectivity index (χ1) is 17.1. The zero-order valence-corrected chi connectivity index (χ0v) is 20.1. The van der Waals surface area contributed by atoms with Gasteiger partial charge in [0.15, 0.2) is 5.16 Å². The van der Waals surface area contributed by atoms with E-state index in [1.165, 1.54) is 11.8 Å². The minimum atomic E-state index is -0.161. The number of anilines is 1. The molecule has 0 radical (unpaired) electrons. The maximum absolute atomic E-state index is 12.7. The van der Waals surface area contributed by atoms with Gasteiger partial charge in [0, 0.05) is 30.2 Å². The highest BCUT2D eigenvalue weighted by Gasteiger charge is 2.13. The molecular weight excluding hydrogens is 460 g/mol. The summed E-state index contributed by atoms with van der Waals surface area (Å²) in [5.41, 5.74) is 3.01. The summed E-state index contributed by atoms with van der Waals surface area (Å²) in [6, 6.07) is 24.4. The van der Waals surface area contributed by atoms with Crippen LogP contribution >= 0.6 is 11.8 Å². The molecule has 0 bridgehead atoms. The Kier molecular flexibility index (Phi) is 8.19. The Morgan fingerprint density at radius 3 is 2.63 bits per heavy atom. The lowest BCUT2D eigenvalue weighted by atomic mass is 10.1. The second-order valence-electron chi connectivity index (χ2n) is 7.56. The zero-order valence-electron chi connectivity index (χ0n) is 19.3. The Bertz CT molecular complexity index is 1290. The summed E-state index contributed by atoms with van der Waals surface area (Å²) in [7, 11) is 0. The van der Waals surface area contributed by atoms with Crippen LogP contribution in [-0.2, 0) is 11.3 Å². The van der Waals surface area contributed by atoms with E-state index in [1.807, 2.05) is 90.5 Å².